The van der Waals surface area contributed by atoms with Crippen LogP contribution in [-0.2, 0) is 0 Å². The van der Waals surface area contributed by atoms with Crippen LogP contribution in [0.15, 0.2) is 22.7 Å². The molecule has 2 nitrogen and oxygen atoms in total. The van der Waals surface area contributed by atoms with Crippen LogP contribution in [-0.4, -0.2) is 17.3 Å². The van der Waals surface area contributed by atoms with Gasteiger partial charge in [-0.2, -0.15) is 0 Å². The minimum atomic E-state index is -0.202. The van der Waals surface area contributed by atoms with Gasteiger partial charge in [-0.3, -0.25) is 0 Å². The molecule has 1 saturated carbocycles. The van der Waals surface area contributed by atoms with E-state index >= 15 is 0 Å². The van der Waals surface area contributed by atoms with Gasteiger partial charge < -0.3 is 10.4 Å². The molecule has 1 aliphatic carbocycles. The van der Waals surface area contributed by atoms with E-state index in [1.807, 2.05) is 12.1 Å². The van der Waals surface area contributed by atoms with Crippen molar-refractivity contribution in [2.45, 2.75) is 44.8 Å². The molecular formula is C13H18BrNO. The average molecular weight is 284 g/mol. The Kier molecular flexibility index (Phi) is 3.87. The van der Waals surface area contributed by atoms with Gasteiger partial charge in [-0.1, -0.05) is 34.8 Å². The van der Waals surface area contributed by atoms with Crippen molar-refractivity contribution in [1.82, 2.24) is 0 Å². The number of hydrogen-bond acceptors (Lipinski definition) is 2. The highest BCUT2D eigenvalue weighted by atomic mass is 79.9. The fourth-order valence-electron chi connectivity index (χ4n) is 2.24. The third-order valence-electron chi connectivity index (χ3n) is 3.34. The maximum Gasteiger partial charge on any atom is 0.0741 e. The number of nitrogens with one attached hydrogen (secondary N) is 1. The number of hydrogen-bond donors (Lipinski definition) is 2. The zero-order chi connectivity index (χ0) is 11.5. The molecule has 0 aliphatic heterocycles. The molecule has 2 atom stereocenters. The van der Waals surface area contributed by atoms with Gasteiger partial charge in [0.2, 0.25) is 0 Å². The van der Waals surface area contributed by atoms with Crippen molar-refractivity contribution < 1.29 is 5.11 Å². The van der Waals surface area contributed by atoms with E-state index in [0.29, 0.717) is 0 Å². The van der Waals surface area contributed by atoms with Gasteiger partial charge in [-0.15, -0.1) is 0 Å². The Hall–Kier alpha value is -0.540. The van der Waals surface area contributed by atoms with Crippen molar-refractivity contribution in [3.8, 4) is 0 Å². The molecule has 1 aromatic rings. The number of rotatable bonds is 2. The molecule has 0 bridgehead atoms. The highest BCUT2D eigenvalue weighted by Crippen LogP contribution is 2.27. The van der Waals surface area contributed by atoms with Gasteiger partial charge >= 0.3 is 0 Å². The SMILES string of the molecule is Cc1c(Br)cccc1N[C@@H]1CCCC[C@H]1O. The van der Waals surface area contributed by atoms with Crippen LogP contribution in [0, 0.1) is 6.92 Å². The summed E-state index contributed by atoms with van der Waals surface area (Å²) in [7, 11) is 0. The lowest BCUT2D eigenvalue weighted by atomic mass is 9.92. The molecule has 3 heteroatoms. The molecule has 1 aromatic carbocycles. The van der Waals surface area contributed by atoms with Crippen LogP contribution >= 0.6 is 15.9 Å². The van der Waals surface area contributed by atoms with Gasteiger partial charge in [0.15, 0.2) is 0 Å². The van der Waals surface area contributed by atoms with Gasteiger partial charge in [-0.05, 0) is 37.5 Å². The first kappa shape index (κ1) is 11.9. The van der Waals surface area contributed by atoms with Crippen LogP contribution in [0.3, 0.4) is 0 Å². The summed E-state index contributed by atoms with van der Waals surface area (Å²) in [6, 6.07) is 6.34. The third kappa shape index (κ3) is 2.58. The molecule has 0 heterocycles. The van der Waals surface area contributed by atoms with E-state index in [0.717, 1.165) is 29.4 Å². The Bertz CT molecular complexity index is 367. The summed E-state index contributed by atoms with van der Waals surface area (Å²) >= 11 is 3.52. The quantitative estimate of drug-likeness (QED) is 0.871. The van der Waals surface area contributed by atoms with Crippen molar-refractivity contribution >= 4 is 21.6 Å². The second kappa shape index (κ2) is 5.19. The molecule has 16 heavy (non-hydrogen) atoms. The maximum atomic E-state index is 9.92. The molecule has 0 spiro atoms. The standard InChI is InChI=1S/C13H18BrNO/c1-9-10(14)5-4-7-11(9)15-12-6-2-3-8-13(12)16/h4-5,7,12-13,15-16H,2-3,6,8H2,1H3/t12-,13-/m1/s1. The van der Waals surface area contributed by atoms with Crippen molar-refractivity contribution in [2.24, 2.45) is 0 Å². The van der Waals surface area contributed by atoms with Gasteiger partial charge in [0, 0.05) is 10.2 Å². The average Bonchev–Trinajstić information content (AvgIpc) is 2.28. The summed E-state index contributed by atoms with van der Waals surface area (Å²) in [4.78, 5) is 0. The molecule has 0 saturated heterocycles. The van der Waals surface area contributed by atoms with Crippen LogP contribution < -0.4 is 5.32 Å². The Balaban J connectivity index is 2.10. The number of benzene rings is 1. The minimum Gasteiger partial charge on any atom is -0.391 e. The Morgan fingerprint density at radius 3 is 2.81 bits per heavy atom. The first-order valence-corrected chi connectivity index (χ1v) is 6.67. The summed E-state index contributed by atoms with van der Waals surface area (Å²) in [5.74, 6) is 0. The molecule has 0 aromatic heterocycles. The fourth-order valence-corrected chi connectivity index (χ4v) is 2.61. The predicted molar refractivity (Wildman–Crippen MR) is 70.8 cm³/mol. The van der Waals surface area contributed by atoms with Crippen LogP contribution in [0.1, 0.15) is 31.2 Å². The molecular weight excluding hydrogens is 266 g/mol. The largest absolute Gasteiger partial charge is 0.391 e. The molecule has 0 unspecified atom stereocenters. The summed E-state index contributed by atoms with van der Waals surface area (Å²) in [6.07, 6.45) is 4.14. The van der Waals surface area contributed by atoms with Crippen molar-refractivity contribution in [2.75, 3.05) is 5.32 Å². The molecule has 1 aliphatic rings. The van der Waals surface area contributed by atoms with Crippen LogP contribution in [0.4, 0.5) is 5.69 Å². The van der Waals surface area contributed by atoms with Gasteiger partial charge in [-0.25, -0.2) is 0 Å². The minimum absolute atomic E-state index is 0.202. The lowest BCUT2D eigenvalue weighted by Crippen LogP contribution is -2.36. The molecule has 88 valence electrons. The monoisotopic (exact) mass is 283 g/mol. The van der Waals surface area contributed by atoms with Crippen LogP contribution in [0.5, 0.6) is 0 Å². The summed E-state index contributed by atoms with van der Waals surface area (Å²) < 4.78 is 1.11. The van der Waals surface area contributed by atoms with Crippen LogP contribution in [0.2, 0.25) is 0 Å². The number of aliphatic hydroxyl groups is 1. The van der Waals surface area contributed by atoms with E-state index in [1.54, 1.807) is 0 Å². The lowest BCUT2D eigenvalue weighted by molar-refractivity contribution is 0.116. The Morgan fingerprint density at radius 1 is 1.31 bits per heavy atom. The Morgan fingerprint density at radius 2 is 2.06 bits per heavy atom. The van der Waals surface area contributed by atoms with Gasteiger partial charge in [0.25, 0.3) is 0 Å². The first-order chi connectivity index (χ1) is 7.68. The second-order valence-corrected chi connectivity index (χ2v) is 5.37. The van der Waals surface area contributed by atoms with E-state index in [-0.39, 0.29) is 12.1 Å². The normalized spacial score (nSPS) is 25.4. The highest BCUT2D eigenvalue weighted by Gasteiger charge is 2.23. The van der Waals surface area contributed by atoms with Gasteiger partial charge in [0.1, 0.15) is 0 Å². The van der Waals surface area contributed by atoms with Gasteiger partial charge in [0.05, 0.1) is 12.1 Å². The molecule has 0 radical (unpaired) electrons. The van der Waals surface area contributed by atoms with Crippen molar-refractivity contribution in [1.29, 1.82) is 0 Å². The second-order valence-electron chi connectivity index (χ2n) is 4.52. The smallest absolute Gasteiger partial charge is 0.0741 e. The van der Waals surface area contributed by atoms with Crippen molar-refractivity contribution in [3.05, 3.63) is 28.2 Å². The maximum absolute atomic E-state index is 9.92. The van der Waals surface area contributed by atoms with E-state index in [1.165, 1.54) is 12.0 Å². The topological polar surface area (TPSA) is 32.3 Å². The Labute approximate surface area is 105 Å². The number of anilines is 1. The summed E-state index contributed by atoms with van der Waals surface area (Å²) in [5, 5.41) is 13.4. The first-order valence-electron chi connectivity index (χ1n) is 5.88. The van der Waals surface area contributed by atoms with E-state index < -0.39 is 0 Å². The molecule has 2 N–H and O–H groups in total. The number of halogens is 1. The number of aliphatic hydroxyl groups excluding tert-OH is 1. The highest BCUT2D eigenvalue weighted by molar-refractivity contribution is 9.10. The van der Waals surface area contributed by atoms with Crippen LogP contribution in [0.25, 0.3) is 0 Å². The van der Waals surface area contributed by atoms with Crippen molar-refractivity contribution in [3.63, 3.8) is 0 Å². The molecule has 2 rings (SSSR count). The van der Waals surface area contributed by atoms with E-state index in [2.05, 4.69) is 34.2 Å². The predicted octanol–water partition coefficient (Wildman–Crippen LogP) is 3.47. The lowest BCUT2D eigenvalue weighted by Gasteiger charge is -2.29. The summed E-state index contributed by atoms with van der Waals surface area (Å²) in [5.41, 5.74) is 2.33. The third-order valence-corrected chi connectivity index (χ3v) is 4.20. The van der Waals surface area contributed by atoms with E-state index in [4.69, 9.17) is 0 Å². The fraction of sp³-hybridized carbons (Fsp3) is 0.538. The molecule has 0 amide bonds. The molecule has 1 fully saturated rings. The summed E-state index contributed by atoms with van der Waals surface area (Å²) in [6.45, 7) is 2.08. The zero-order valence-corrected chi connectivity index (χ0v) is 11.1. The zero-order valence-electron chi connectivity index (χ0n) is 9.54. The van der Waals surface area contributed by atoms with E-state index in [9.17, 15) is 5.11 Å².